The summed E-state index contributed by atoms with van der Waals surface area (Å²) in [7, 11) is 0. The van der Waals surface area contributed by atoms with Crippen molar-refractivity contribution in [3.8, 4) is 0 Å². The van der Waals surface area contributed by atoms with Crippen LogP contribution in [0.5, 0.6) is 0 Å². The lowest BCUT2D eigenvalue weighted by molar-refractivity contribution is 1.30. The summed E-state index contributed by atoms with van der Waals surface area (Å²) in [5.41, 5.74) is 7.86. The minimum absolute atomic E-state index is 1.27. The highest BCUT2D eigenvalue weighted by Crippen LogP contribution is 2.29. The molecule has 126 valence electrons. The van der Waals surface area contributed by atoms with E-state index in [0.717, 1.165) is 0 Å². The number of benzene rings is 2. The third kappa shape index (κ3) is 3.52. The third-order valence-electron chi connectivity index (χ3n) is 4.65. The van der Waals surface area contributed by atoms with Crippen molar-refractivity contribution in [3.05, 3.63) is 81.2 Å². The van der Waals surface area contributed by atoms with Gasteiger partial charge >= 0.3 is 0 Å². The molecule has 0 amide bonds. The molecule has 3 rings (SSSR count). The van der Waals surface area contributed by atoms with Gasteiger partial charge in [0, 0.05) is 4.70 Å². The van der Waals surface area contributed by atoms with Crippen LogP contribution in [0.15, 0.2) is 47.9 Å². The van der Waals surface area contributed by atoms with E-state index in [9.17, 15) is 0 Å². The maximum absolute atomic E-state index is 2.29. The monoisotopic (exact) mass is 344 g/mol. The Bertz CT molecular complexity index is 981. The van der Waals surface area contributed by atoms with Gasteiger partial charge in [-0.3, -0.25) is 0 Å². The number of fused-ring (bicyclic) bond motifs is 1. The van der Waals surface area contributed by atoms with Crippen molar-refractivity contribution in [2.45, 2.75) is 27.7 Å². The van der Waals surface area contributed by atoms with E-state index in [1.54, 1.807) is 11.3 Å². The number of allylic oxidation sites excluding steroid dienone is 2. The molecule has 25 heavy (non-hydrogen) atoms. The Morgan fingerprint density at radius 1 is 0.760 bits per heavy atom. The largest absolute Gasteiger partial charge is 0.143 e. The zero-order valence-corrected chi connectivity index (χ0v) is 16.2. The van der Waals surface area contributed by atoms with E-state index in [4.69, 9.17) is 0 Å². The zero-order chi connectivity index (χ0) is 17.8. The number of thiophene rings is 1. The van der Waals surface area contributed by atoms with Crippen molar-refractivity contribution in [2.24, 2.45) is 0 Å². The SMILES string of the molecule is CC=Cc1cc(C=Cc2csc3ccccc23)c(C=CC)c(C)c1C. The van der Waals surface area contributed by atoms with Gasteiger partial charge in [-0.25, -0.2) is 0 Å². The fraction of sp³-hybridized carbons (Fsp3) is 0.167. The van der Waals surface area contributed by atoms with Gasteiger partial charge in [0.1, 0.15) is 0 Å². The van der Waals surface area contributed by atoms with E-state index in [1.807, 2.05) is 0 Å². The summed E-state index contributed by atoms with van der Waals surface area (Å²) < 4.78 is 1.34. The molecule has 0 bridgehead atoms. The molecule has 0 saturated heterocycles. The fourth-order valence-corrected chi connectivity index (χ4v) is 4.10. The van der Waals surface area contributed by atoms with Crippen LogP contribution in [0, 0.1) is 13.8 Å². The Hall–Kier alpha value is -2.38. The minimum Gasteiger partial charge on any atom is -0.143 e. The Labute approximate surface area is 154 Å². The Balaban J connectivity index is 2.12. The van der Waals surface area contributed by atoms with E-state index < -0.39 is 0 Å². The third-order valence-corrected chi connectivity index (χ3v) is 5.64. The molecule has 0 radical (unpaired) electrons. The van der Waals surface area contributed by atoms with Gasteiger partial charge in [0.25, 0.3) is 0 Å². The molecule has 0 atom stereocenters. The first-order chi connectivity index (χ1) is 12.2. The lowest BCUT2D eigenvalue weighted by atomic mass is 9.92. The fourth-order valence-electron chi connectivity index (χ4n) is 3.17. The molecule has 0 aliphatic rings. The zero-order valence-electron chi connectivity index (χ0n) is 15.3. The summed E-state index contributed by atoms with van der Waals surface area (Å²) in [6.45, 7) is 8.57. The molecule has 0 fully saturated rings. The van der Waals surface area contributed by atoms with E-state index in [0.29, 0.717) is 0 Å². The molecule has 0 spiro atoms. The molecule has 3 aromatic rings. The molecule has 1 aromatic heterocycles. The molecule has 0 nitrogen and oxygen atoms in total. The summed E-state index contributed by atoms with van der Waals surface area (Å²) in [6, 6.07) is 10.9. The van der Waals surface area contributed by atoms with Crippen LogP contribution in [-0.2, 0) is 0 Å². The second-order valence-electron chi connectivity index (χ2n) is 6.24. The Morgan fingerprint density at radius 3 is 2.24 bits per heavy atom. The van der Waals surface area contributed by atoms with Crippen LogP contribution in [0.1, 0.15) is 47.2 Å². The van der Waals surface area contributed by atoms with Gasteiger partial charge in [-0.1, -0.05) is 54.7 Å². The van der Waals surface area contributed by atoms with Crippen LogP contribution in [0.4, 0.5) is 0 Å². The Morgan fingerprint density at radius 2 is 1.48 bits per heavy atom. The molecule has 2 aromatic carbocycles. The molecule has 1 heterocycles. The maximum atomic E-state index is 2.29. The summed E-state index contributed by atoms with van der Waals surface area (Å²) in [5, 5.41) is 3.57. The van der Waals surface area contributed by atoms with Crippen LogP contribution >= 0.6 is 11.3 Å². The van der Waals surface area contributed by atoms with Crippen molar-refractivity contribution < 1.29 is 0 Å². The van der Waals surface area contributed by atoms with Gasteiger partial charge in [0.15, 0.2) is 0 Å². The molecule has 0 unspecified atom stereocenters. The predicted molar refractivity (Wildman–Crippen MR) is 116 cm³/mol. The topological polar surface area (TPSA) is 0 Å². The van der Waals surface area contributed by atoms with E-state index in [2.05, 4.69) is 99.9 Å². The van der Waals surface area contributed by atoms with Crippen molar-refractivity contribution >= 4 is 45.7 Å². The summed E-state index contributed by atoms with van der Waals surface area (Å²) in [4.78, 5) is 0. The van der Waals surface area contributed by atoms with E-state index in [1.165, 1.54) is 43.5 Å². The number of hydrogen-bond donors (Lipinski definition) is 0. The summed E-state index contributed by atoms with van der Waals surface area (Å²) in [5.74, 6) is 0. The predicted octanol–water partition coefficient (Wildman–Crippen LogP) is 7.75. The van der Waals surface area contributed by atoms with E-state index >= 15 is 0 Å². The highest BCUT2D eigenvalue weighted by atomic mass is 32.1. The lowest BCUT2D eigenvalue weighted by Crippen LogP contribution is -1.94. The normalized spacial score (nSPS) is 12.3. The minimum atomic E-state index is 1.27. The molecule has 0 N–H and O–H groups in total. The van der Waals surface area contributed by atoms with Crippen molar-refractivity contribution in [1.82, 2.24) is 0 Å². The van der Waals surface area contributed by atoms with Gasteiger partial charge in [0.2, 0.25) is 0 Å². The molecule has 0 aliphatic carbocycles. The average Bonchev–Trinajstić information content (AvgIpc) is 3.03. The van der Waals surface area contributed by atoms with Crippen molar-refractivity contribution in [2.75, 3.05) is 0 Å². The van der Waals surface area contributed by atoms with E-state index in [-0.39, 0.29) is 0 Å². The van der Waals surface area contributed by atoms with Crippen molar-refractivity contribution in [3.63, 3.8) is 0 Å². The van der Waals surface area contributed by atoms with Crippen LogP contribution in [-0.4, -0.2) is 0 Å². The maximum Gasteiger partial charge on any atom is 0.0348 e. The molecule has 0 saturated carbocycles. The Kier molecular flexibility index (Phi) is 5.35. The van der Waals surface area contributed by atoms with Gasteiger partial charge in [-0.05, 0) is 84.0 Å². The van der Waals surface area contributed by atoms with Crippen LogP contribution in [0.2, 0.25) is 0 Å². The second-order valence-corrected chi connectivity index (χ2v) is 7.15. The standard InChI is InChI=1S/C24H24S/c1-5-9-19-15-20(22(10-6-2)18(4)17(19)3)13-14-21-16-25-24-12-8-7-11-23(21)24/h5-16H,1-4H3. The van der Waals surface area contributed by atoms with Crippen LogP contribution in [0.25, 0.3) is 34.4 Å². The molecule has 0 aliphatic heterocycles. The van der Waals surface area contributed by atoms with Gasteiger partial charge < -0.3 is 0 Å². The number of hydrogen-bond acceptors (Lipinski definition) is 1. The summed E-state index contributed by atoms with van der Waals surface area (Å²) >= 11 is 1.80. The first-order valence-corrected chi connectivity index (χ1v) is 9.57. The first kappa shape index (κ1) is 17.4. The smallest absolute Gasteiger partial charge is 0.0348 e. The van der Waals surface area contributed by atoms with Gasteiger partial charge in [-0.15, -0.1) is 11.3 Å². The van der Waals surface area contributed by atoms with Gasteiger partial charge in [-0.2, -0.15) is 0 Å². The lowest BCUT2D eigenvalue weighted by Gasteiger charge is -2.13. The highest BCUT2D eigenvalue weighted by molar-refractivity contribution is 7.17. The highest BCUT2D eigenvalue weighted by Gasteiger charge is 2.08. The molecule has 1 heteroatoms. The number of rotatable bonds is 4. The first-order valence-electron chi connectivity index (χ1n) is 8.69. The van der Waals surface area contributed by atoms with Crippen molar-refractivity contribution in [1.29, 1.82) is 0 Å². The van der Waals surface area contributed by atoms with Gasteiger partial charge in [0.05, 0.1) is 0 Å². The summed E-state index contributed by atoms with van der Waals surface area (Å²) in [6.07, 6.45) is 13.1. The second kappa shape index (κ2) is 7.67. The average molecular weight is 345 g/mol. The molecular formula is C24H24S. The molecular weight excluding hydrogens is 320 g/mol. The van der Waals surface area contributed by atoms with Crippen LogP contribution < -0.4 is 0 Å². The van der Waals surface area contributed by atoms with Crippen LogP contribution in [0.3, 0.4) is 0 Å². The quantitative estimate of drug-likeness (QED) is 0.454.